The fourth-order valence-corrected chi connectivity index (χ4v) is 3.43. The van der Waals surface area contributed by atoms with E-state index >= 15 is 0 Å². The lowest BCUT2D eigenvalue weighted by molar-refractivity contribution is -0.144. The molecule has 1 amide bonds. The molecule has 2 aromatic rings. The predicted octanol–water partition coefficient (Wildman–Crippen LogP) is 0.912. The molecule has 1 aliphatic rings. The molecule has 1 saturated heterocycles. The van der Waals surface area contributed by atoms with Crippen LogP contribution >= 0.6 is 0 Å². The van der Waals surface area contributed by atoms with Gasteiger partial charge in [-0.15, -0.1) is 0 Å². The van der Waals surface area contributed by atoms with Gasteiger partial charge in [0.05, 0.1) is 6.61 Å². The quantitative estimate of drug-likeness (QED) is 0.358. The molecular formula is C22H24N2O6. The van der Waals surface area contributed by atoms with E-state index in [0.717, 1.165) is 10.5 Å². The Kier molecular flexibility index (Phi) is 7.07. The smallest absolute Gasteiger partial charge is 0.271 e. The Labute approximate surface area is 174 Å². The number of hydrogen-bond acceptors (Lipinski definition) is 7. The molecule has 0 spiro atoms. The Balaban J connectivity index is 1.88. The summed E-state index contributed by atoms with van der Waals surface area (Å²) in [6.45, 7) is 1.94. The van der Waals surface area contributed by atoms with E-state index in [1.165, 1.54) is 17.0 Å². The Hall–Kier alpha value is -2.91. The molecule has 0 saturated carbocycles. The molecule has 2 aromatic carbocycles. The summed E-state index contributed by atoms with van der Waals surface area (Å²) in [5.74, 6) is -1.28. The highest BCUT2D eigenvalue weighted by atomic mass is 16.5. The van der Waals surface area contributed by atoms with Crippen LogP contribution in [0.4, 0.5) is 0 Å². The minimum absolute atomic E-state index is 0.181. The number of ether oxygens (including phenoxy) is 1. The minimum atomic E-state index is -1.51. The van der Waals surface area contributed by atoms with Crippen LogP contribution in [0.25, 0.3) is 0 Å². The van der Waals surface area contributed by atoms with Gasteiger partial charge in [-0.05, 0) is 18.1 Å². The molecule has 0 aliphatic carbocycles. The molecule has 30 heavy (non-hydrogen) atoms. The van der Waals surface area contributed by atoms with Crippen LogP contribution in [-0.2, 0) is 27.5 Å². The summed E-state index contributed by atoms with van der Waals surface area (Å²) in [7, 11) is 0. The minimum Gasteiger partial charge on any atom is -0.392 e. The normalized spacial score (nSPS) is 20.4. The predicted molar refractivity (Wildman–Crippen MR) is 107 cm³/mol. The third-order valence-electron chi connectivity index (χ3n) is 4.96. The molecule has 158 valence electrons. The summed E-state index contributed by atoms with van der Waals surface area (Å²) in [4.78, 5) is 40.0. The second kappa shape index (κ2) is 9.73. The van der Waals surface area contributed by atoms with Crippen molar-refractivity contribution in [3.63, 3.8) is 0 Å². The van der Waals surface area contributed by atoms with E-state index in [4.69, 9.17) is 9.84 Å². The third kappa shape index (κ3) is 4.31. The third-order valence-corrected chi connectivity index (χ3v) is 4.96. The van der Waals surface area contributed by atoms with Crippen molar-refractivity contribution in [2.45, 2.75) is 38.7 Å². The number of benzene rings is 2. The highest BCUT2D eigenvalue weighted by Gasteiger charge is 2.50. The Morgan fingerprint density at radius 1 is 1.13 bits per heavy atom. The van der Waals surface area contributed by atoms with Gasteiger partial charge in [-0.3, -0.25) is 14.5 Å². The van der Waals surface area contributed by atoms with Crippen molar-refractivity contribution in [1.82, 2.24) is 9.80 Å². The van der Waals surface area contributed by atoms with Crippen LogP contribution < -0.4 is 0 Å². The average molecular weight is 412 g/mol. The summed E-state index contributed by atoms with van der Waals surface area (Å²) >= 11 is 0. The Morgan fingerprint density at radius 3 is 2.37 bits per heavy atom. The number of rotatable bonds is 9. The number of aliphatic hydroxyl groups excluding tert-OH is 2. The van der Waals surface area contributed by atoms with Crippen LogP contribution in [0.1, 0.15) is 28.4 Å². The average Bonchev–Trinajstić information content (AvgIpc) is 3.00. The zero-order valence-electron chi connectivity index (χ0n) is 16.5. The molecule has 1 fully saturated rings. The molecular weight excluding hydrogens is 388 g/mol. The van der Waals surface area contributed by atoms with Gasteiger partial charge in [0.25, 0.3) is 5.91 Å². The number of ketones is 1. The van der Waals surface area contributed by atoms with Gasteiger partial charge in [-0.25, -0.2) is 4.90 Å². The van der Waals surface area contributed by atoms with Crippen molar-refractivity contribution in [1.29, 1.82) is 0 Å². The first kappa shape index (κ1) is 21.8. The Bertz CT molecular complexity index is 886. The summed E-state index contributed by atoms with van der Waals surface area (Å²) in [5.41, 5.74) is 1.64. The van der Waals surface area contributed by atoms with E-state index in [9.17, 15) is 19.5 Å². The number of amides is 1. The van der Waals surface area contributed by atoms with Crippen LogP contribution in [0.2, 0.25) is 0 Å². The van der Waals surface area contributed by atoms with E-state index in [1.54, 1.807) is 19.1 Å². The molecule has 3 rings (SSSR count). The van der Waals surface area contributed by atoms with Gasteiger partial charge in [0.2, 0.25) is 0 Å². The fraction of sp³-hybridized carbons (Fsp3) is 0.318. The number of carbonyl (C=O) groups is 3. The van der Waals surface area contributed by atoms with Crippen LogP contribution in [0.3, 0.4) is 0 Å². The number of carbonyl (C=O) groups excluding carboxylic acids is 3. The monoisotopic (exact) mass is 412 g/mol. The highest BCUT2D eigenvalue weighted by Crippen LogP contribution is 2.27. The topological polar surface area (TPSA) is 107 Å². The maximum Gasteiger partial charge on any atom is 0.271 e. The van der Waals surface area contributed by atoms with Crippen molar-refractivity contribution < 1.29 is 29.3 Å². The maximum atomic E-state index is 13.0. The van der Waals surface area contributed by atoms with Gasteiger partial charge in [0.15, 0.2) is 30.7 Å². The van der Waals surface area contributed by atoms with Gasteiger partial charge < -0.3 is 19.7 Å². The molecule has 0 aromatic heterocycles. The van der Waals surface area contributed by atoms with Crippen molar-refractivity contribution >= 4 is 18.0 Å². The molecule has 0 bridgehead atoms. The second-order valence-corrected chi connectivity index (χ2v) is 6.86. The van der Waals surface area contributed by atoms with Gasteiger partial charge in [0.1, 0.15) is 0 Å². The lowest BCUT2D eigenvalue weighted by Crippen LogP contribution is -2.50. The Morgan fingerprint density at radius 2 is 1.80 bits per heavy atom. The van der Waals surface area contributed by atoms with Crippen LogP contribution in [-0.4, -0.2) is 63.2 Å². The molecule has 3 atom stereocenters. The van der Waals surface area contributed by atoms with Crippen molar-refractivity contribution in [2.75, 3.05) is 6.61 Å². The first-order valence-electron chi connectivity index (χ1n) is 9.62. The van der Waals surface area contributed by atoms with Crippen molar-refractivity contribution in [2.24, 2.45) is 0 Å². The summed E-state index contributed by atoms with van der Waals surface area (Å²) in [6, 6.07) is 13.8. The summed E-state index contributed by atoms with van der Waals surface area (Å²) in [5, 5.41) is 20.0. The number of Topliss-reactive ketones (excluding diaryl/α,β-unsaturated/α-hetero) is 1. The molecule has 0 radical (unpaired) electrons. The van der Waals surface area contributed by atoms with Gasteiger partial charge in [0, 0.05) is 18.7 Å². The van der Waals surface area contributed by atoms with E-state index in [1.807, 2.05) is 30.3 Å². The van der Waals surface area contributed by atoms with E-state index < -0.39 is 30.3 Å². The molecule has 1 aliphatic heterocycles. The summed E-state index contributed by atoms with van der Waals surface area (Å²) in [6.07, 6.45) is -2.28. The first-order valence-corrected chi connectivity index (χ1v) is 9.62. The number of hydrogen-bond donors (Lipinski definition) is 2. The summed E-state index contributed by atoms with van der Waals surface area (Å²) < 4.78 is 5.53. The van der Waals surface area contributed by atoms with Crippen LogP contribution in [0.5, 0.6) is 0 Å². The highest BCUT2D eigenvalue weighted by molar-refractivity contribution is 6.10. The number of aldehydes is 1. The van der Waals surface area contributed by atoms with Gasteiger partial charge in [-0.2, -0.15) is 0 Å². The second-order valence-electron chi connectivity index (χ2n) is 6.86. The lowest BCUT2D eigenvalue weighted by Gasteiger charge is -2.28. The molecule has 1 heterocycles. The largest absolute Gasteiger partial charge is 0.392 e. The standard InChI is InChI=1S/C22H24N2O6/c1-2-30-21-20(28)24(22(29)23(21)12-15-6-4-3-5-7-15)18(14-26)19(27)17-10-8-16(13-25)9-11-17/h3-11,14,18,21-22,25,29H,2,12-13H2,1H3. The zero-order valence-corrected chi connectivity index (χ0v) is 16.5. The van der Waals surface area contributed by atoms with Crippen LogP contribution in [0.15, 0.2) is 54.6 Å². The SMILES string of the molecule is CCOC1C(=O)N(C(C=O)C(=O)c2ccc(CO)cc2)C(O)N1Cc1ccccc1. The number of aliphatic hydroxyl groups is 2. The van der Waals surface area contributed by atoms with Gasteiger partial charge in [-0.1, -0.05) is 54.6 Å². The van der Waals surface area contributed by atoms with Gasteiger partial charge >= 0.3 is 0 Å². The molecule has 8 heteroatoms. The molecule has 3 unspecified atom stereocenters. The number of nitrogens with zero attached hydrogens (tertiary/aromatic N) is 2. The van der Waals surface area contributed by atoms with Crippen molar-refractivity contribution in [3.8, 4) is 0 Å². The van der Waals surface area contributed by atoms with E-state index in [0.29, 0.717) is 11.8 Å². The van der Waals surface area contributed by atoms with E-state index in [-0.39, 0.29) is 25.3 Å². The van der Waals surface area contributed by atoms with E-state index in [2.05, 4.69) is 0 Å². The molecule has 2 N–H and O–H groups in total. The van der Waals surface area contributed by atoms with Crippen LogP contribution in [0, 0.1) is 0 Å². The molecule has 8 nitrogen and oxygen atoms in total. The van der Waals surface area contributed by atoms with Crippen molar-refractivity contribution in [3.05, 3.63) is 71.3 Å². The first-order chi connectivity index (χ1) is 14.5. The maximum absolute atomic E-state index is 13.0. The lowest BCUT2D eigenvalue weighted by atomic mass is 10.0. The fourth-order valence-electron chi connectivity index (χ4n) is 3.43. The zero-order chi connectivity index (χ0) is 21.7.